The summed E-state index contributed by atoms with van der Waals surface area (Å²) in [6.07, 6.45) is 7.25. The molecule has 0 saturated carbocycles. The molecule has 2 aliphatic heterocycles. The molecule has 26 heavy (non-hydrogen) atoms. The number of piperidine rings is 1. The molecule has 1 fully saturated rings. The lowest BCUT2D eigenvalue weighted by Crippen LogP contribution is -2.33. The standard InChI is InChI=1S/C20H26Cl2N4/c1-2-25-12-6-4-8-18(25)19-15-7-3-5-11-23-20(15)26(24-19)14-9-10-16(21)17(22)13-14/h9-10,13,18,23H,2-8,11-12H2,1H3. The third-order valence-corrected chi connectivity index (χ3v) is 6.38. The zero-order chi connectivity index (χ0) is 18.1. The van der Waals surface area contributed by atoms with Crippen molar-refractivity contribution >= 4 is 29.0 Å². The highest BCUT2D eigenvalue weighted by atomic mass is 35.5. The van der Waals surface area contributed by atoms with E-state index in [1.807, 2.05) is 22.9 Å². The van der Waals surface area contributed by atoms with Crippen molar-refractivity contribution in [1.29, 1.82) is 0 Å². The van der Waals surface area contributed by atoms with Crippen molar-refractivity contribution in [3.63, 3.8) is 0 Å². The molecular weight excluding hydrogens is 367 g/mol. The SMILES string of the molecule is CCN1CCCCC1c1nn(-c2ccc(Cl)c(Cl)c2)c2c1CCCCN2. The molecule has 1 saturated heterocycles. The van der Waals surface area contributed by atoms with Crippen LogP contribution in [0.3, 0.4) is 0 Å². The summed E-state index contributed by atoms with van der Waals surface area (Å²) in [7, 11) is 0. The monoisotopic (exact) mass is 392 g/mol. The van der Waals surface area contributed by atoms with Crippen LogP contribution < -0.4 is 5.32 Å². The zero-order valence-corrected chi connectivity index (χ0v) is 16.8. The van der Waals surface area contributed by atoms with Gasteiger partial charge in [0.1, 0.15) is 5.82 Å². The summed E-state index contributed by atoms with van der Waals surface area (Å²) < 4.78 is 2.04. The molecule has 0 radical (unpaired) electrons. The van der Waals surface area contributed by atoms with Crippen LogP contribution in [0.25, 0.3) is 5.69 Å². The largest absolute Gasteiger partial charge is 0.370 e. The molecular formula is C20H26Cl2N4. The van der Waals surface area contributed by atoms with Crippen molar-refractivity contribution in [3.8, 4) is 5.69 Å². The fraction of sp³-hybridized carbons (Fsp3) is 0.550. The molecule has 1 atom stereocenters. The highest BCUT2D eigenvalue weighted by Gasteiger charge is 2.30. The van der Waals surface area contributed by atoms with Gasteiger partial charge in [-0.3, -0.25) is 4.90 Å². The minimum Gasteiger partial charge on any atom is -0.370 e. The Labute approximate surface area is 165 Å². The van der Waals surface area contributed by atoms with Crippen LogP contribution >= 0.6 is 23.2 Å². The van der Waals surface area contributed by atoms with Crippen molar-refractivity contribution in [2.45, 2.75) is 51.5 Å². The Hall–Kier alpha value is -1.23. The summed E-state index contributed by atoms with van der Waals surface area (Å²) in [5, 5.41) is 9.87. The van der Waals surface area contributed by atoms with Gasteiger partial charge in [-0.1, -0.05) is 36.5 Å². The fourth-order valence-electron chi connectivity index (χ4n) is 4.28. The van der Waals surface area contributed by atoms with Crippen molar-refractivity contribution in [2.24, 2.45) is 0 Å². The van der Waals surface area contributed by atoms with E-state index in [-0.39, 0.29) is 0 Å². The Kier molecular flexibility index (Phi) is 5.44. The highest BCUT2D eigenvalue weighted by molar-refractivity contribution is 6.42. The number of hydrogen-bond donors (Lipinski definition) is 1. The summed E-state index contributed by atoms with van der Waals surface area (Å²) in [5.74, 6) is 1.14. The molecule has 0 amide bonds. The summed E-state index contributed by atoms with van der Waals surface area (Å²) in [5.41, 5.74) is 3.61. The number of hydrogen-bond acceptors (Lipinski definition) is 3. The number of anilines is 1. The lowest BCUT2D eigenvalue weighted by Gasteiger charge is -2.34. The minimum absolute atomic E-state index is 0.423. The molecule has 2 aromatic rings. The molecule has 6 heteroatoms. The number of likely N-dealkylation sites (tertiary alicyclic amines) is 1. The van der Waals surface area contributed by atoms with E-state index in [1.165, 1.54) is 49.9 Å². The van der Waals surface area contributed by atoms with Gasteiger partial charge in [0.25, 0.3) is 0 Å². The van der Waals surface area contributed by atoms with Crippen LogP contribution in [0.5, 0.6) is 0 Å². The topological polar surface area (TPSA) is 33.1 Å². The number of nitrogens with zero attached hydrogens (tertiary/aromatic N) is 3. The Bertz CT molecular complexity index is 786. The average molecular weight is 393 g/mol. The van der Waals surface area contributed by atoms with Crippen LogP contribution in [0.1, 0.15) is 56.3 Å². The molecule has 0 spiro atoms. The quantitative estimate of drug-likeness (QED) is 0.750. The van der Waals surface area contributed by atoms with Crippen LogP contribution in [0.4, 0.5) is 5.82 Å². The Morgan fingerprint density at radius 3 is 2.85 bits per heavy atom. The van der Waals surface area contributed by atoms with E-state index in [0.717, 1.165) is 31.0 Å². The molecule has 2 aliphatic rings. The lowest BCUT2D eigenvalue weighted by atomic mass is 9.95. The van der Waals surface area contributed by atoms with Gasteiger partial charge in [0, 0.05) is 12.1 Å². The molecule has 140 valence electrons. The van der Waals surface area contributed by atoms with Gasteiger partial charge in [0.2, 0.25) is 0 Å². The van der Waals surface area contributed by atoms with E-state index in [0.29, 0.717) is 16.1 Å². The molecule has 4 rings (SSSR count). The number of fused-ring (bicyclic) bond motifs is 1. The molecule has 3 heterocycles. The Morgan fingerprint density at radius 2 is 2.04 bits per heavy atom. The van der Waals surface area contributed by atoms with Crippen molar-refractivity contribution in [3.05, 3.63) is 39.5 Å². The molecule has 1 N–H and O–H groups in total. The van der Waals surface area contributed by atoms with E-state index in [9.17, 15) is 0 Å². The highest BCUT2D eigenvalue weighted by Crippen LogP contribution is 2.38. The van der Waals surface area contributed by atoms with Crippen molar-refractivity contribution < 1.29 is 0 Å². The third-order valence-electron chi connectivity index (χ3n) is 5.64. The van der Waals surface area contributed by atoms with Gasteiger partial charge in [-0.15, -0.1) is 0 Å². The van der Waals surface area contributed by atoms with Gasteiger partial charge in [-0.25, -0.2) is 4.68 Å². The Morgan fingerprint density at radius 1 is 1.15 bits per heavy atom. The van der Waals surface area contributed by atoms with E-state index in [4.69, 9.17) is 28.3 Å². The predicted molar refractivity (Wildman–Crippen MR) is 109 cm³/mol. The van der Waals surface area contributed by atoms with Crippen molar-refractivity contribution in [2.75, 3.05) is 25.0 Å². The maximum atomic E-state index is 6.28. The zero-order valence-electron chi connectivity index (χ0n) is 15.3. The second kappa shape index (κ2) is 7.79. The smallest absolute Gasteiger partial charge is 0.133 e. The van der Waals surface area contributed by atoms with Crippen LogP contribution in [0, 0.1) is 0 Å². The molecule has 0 aliphatic carbocycles. The average Bonchev–Trinajstić information content (AvgIpc) is 2.85. The number of rotatable bonds is 3. The first-order valence-corrected chi connectivity index (χ1v) is 10.5. The number of benzene rings is 1. The fourth-order valence-corrected chi connectivity index (χ4v) is 4.57. The summed E-state index contributed by atoms with van der Waals surface area (Å²) >= 11 is 12.4. The van der Waals surface area contributed by atoms with Crippen LogP contribution in [-0.2, 0) is 6.42 Å². The van der Waals surface area contributed by atoms with Gasteiger partial charge in [0.05, 0.1) is 27.5 Å². The van der Waals surface area contributed by atoms with E-state index in [1.54, 1.807) is 0 Å². The number of halogens is 2. The molecule has 1 aromatic heterocycles. The lowest BCUT2D eigenvalue weighted by molar-refractivity contribution is 0.152. The summed E-state index contributed by atoms with van der Waals surface area (Å²) in [4.78, 5) is 2.58. The Balaban J connectivity index is 1.82. The first kappa shape index (κ1) is 18.1. The maximum Gasteiger partial charge on any atom is 0.133 e. The van der Waals surface area contributed by atoms with Crippen molar-refractivity contribution in [1.82, 2.24) is 14.7 Å². The predicted octanol–water partition coefficient (Wildman–Crippen LogP) is 5.47. The number of nitrogens with one attached hydrogen (secondary N) is 1. The first-order valence-electron chi connectivity index (χ1n) is 9.74. The van der Waals surface area contributed by atoms with Gasteiger partial charge < -0.3 is 5.32 Å². The molecule has 1 unspecified atom stereocenters. The summed E-state index contributed by atoms with van der Waals surface area (Å²) in [6, 6.07) is 6.18. The third kappa shape index (κ3) is 3.35. The van der Waals surface area contributed by atoms with E-state index < -0.39 is 0 Å². The number of aromatic nitrogens is 2. The van der Waals surface area contributed by atoms with Crippen LogP contribution in [0.2, 0.25) is 10.0 Å². The van der Waals surface area contributed by atoms with Gasteiger partial charge in [-0.2, -0.15) is 5.10 Å². The second-order valence-electron chi connectivity index (χ2n) is 7.25. The van der Waals surface area contributed by atoms with Crippen LogP contribution in [-0.4, -0.2) is 34.3 Å². The van der Waals surface area contributed by atoms with E-state index in [2.05, 4.69) is 17.1 Å². The maximum absolute atomic E-state index is 6.28. The molecule has 0 bridgehead atoms. The van der Waals surface area contributed by atoms with Crippen LogP contribution in [0.15, 0.2) is 18.2 Å². The second-order valence-corrected chi connectivity index (χ2v) is 8.06. The minimum atomic E-state index is 0.423. The normalized spacial score (nSPS) is 21.1. The molecule has 4 nitrogen and oxygen atoms in total. The van der Waals surface area contributed by atoms with Gasteiger partial charge in [0.15, 0.2) is 0 Å². The van der Waals surface area contributed by atoms with Gasteiger partial charge in [-0.05, 0) is 63.4 Å². The summed E-state index contributed by atoms with van der Waals surface area (Å²) in [6.45, 7) is 5.49. The molecule has 1 aromatic carbocycles. The van der Waals surface area contributed by atoms with E-state index >= 15 is 0 Å². The van der Waals surface area contributed by atoms with Gasteiger partial charge >= 0.3 is 0 Å². The first-order chi connectivity index (χ1) is 12.7.